The van der Waals surface area contributed by atoms with Crippen molar-refractivity contribution in [1.29, 1.82) is 0 Å². The van der Waals surface area contributed by atoms with Gasteiger partial charge in [-0.15, -0.1) is 74.6 Å². The summed E-state index contributed by atoms with van der Waals surface area (Å²) in [5, 5.41) is 8.26. The summed E-state index contributed by atoms with van der Waals surface area (Å²) in [6, 6.07) is 54.0. The normalized spacial score (nSPS) is 11.7. The van der Waals surface area contributed by atoms with Crippen LogP contribution in [0.1, 0.15) is 74.9 Å². The van der Waals surface area contributed by atoms with Crippen LogP contribution in [0.25, 0.3) is 54.9 Å². The Morgan fingerprint density at radius 2 is 0.914 bits per heavy atom. The molecule has 0 amide bonds. The van der Waals surface area contributed by atoms with E-state index in [0.29, 0.717) is 0 Å². The summed E-state index contributed by atoms with van der Waals surface area (Å²) in [4.78, 5) is 0. The summed E-state index contributed by atoms with van der Waals surface area (Å²) in [7, 11) is 10.7. The van der Waals surface area contributed by atoms with E-state index in [9.17, 15) is 0 Å². The minimum absolute atomic E-state index is 0.192. The van der Waals surface area contributed by atoms with Gasteiger partial charge in [0.1, 0.15) is 0 Å². The number of fused-ring (bicyclic) bond motifs is 5. The predicted molar refractivity (Wildman–Crippen MR) is 254 cm³/mol. The Labute approximate surface area is 368 Å². The minimum Gasteiger partial charge on any atom is -0.184 e. The number of hydrogen-bond donors (Lipinski definition) is 0. The van der Waals surface area contributed by atoms with Gasteiger partial charge in [-0.25, -0.2) is 0 Å². The summed E-state index contributed by atoms with van der Waals surface area (Å²) < 4.78 is 0. The van der Waals surface area contributed by atoms with Crippen LogP contribution in [0.2, 0.25) is 0 Å². The third kappa shape index (κ3) is 9.80. The molecule has 1 heterocycles. The van der Waals surface area contributed by atoms with E-state index in [0.717, 1.165) is 9.52 Å². The van der Waals surface area contributed by atoms with Gasteiger partial charge in [-0.05, 0) is 71.9 Å². The third-order valence-electron chi connectivity index (χ3n) is 11.4. The molecular formula is C54H53Cl2SiZr-3. The van der Waals surface area contributed by atoms with Gasteiger partial charge in [0, 0.05) is 0 Å². The summed E-state index contributed by atoms with van der Waals surface area (Å²) in [5.74, 6) is 0. The van der Waals surface area contributed by atoms with Crippen molar-refractivity contribution < 1.29 is 20.8 Å². The van der Waals surface area contributed by atoms with Crippen LogP contribution in [0.4, 0.5) is 0 Å². The largest absolute Gasteiger partial charge is 0.184 e. The summed E-state index contributed by atoms with van der Waals surface area (Å²) >= 11 is -0.826. The van der Waals surface area contributed by atoms with Gasteiger partial charge in [-0.3, -0.25) is 0 Å². The van der Waals surface area contributed by atoms with E-state index in [1.54, 1.807) is 0 Å². The van der Waals surface area contributed by atoms with Crippen LogP contribution in [0.3, 0.4) is 0 Å². The summed E-state index contributed by atoms with van der Waals surface area (Å²) in [5.41, 5.74) is 16.9. The molecule has 0 saturated carbocycles. The van der Waals surface area contributed by atoms with Gasteiger partial charge in [0.25, 0.3) is 0 Å². The summed E-state index contributed by atoms with van der Waals surface area (Å²) in [6.45, 7) is 22.5. The van der Waals surface area contributed by atoms with E-state index < -0.39 is 20.8 Å². The molecule has 0 bridgehead atoms. The van der Waals surface area contributed by atoms with Gasteiger partial charge >= 0.3 is 37.9 Å². The predicted octanol–water partition coefficient (Wildman–Crippen LogP) is 14.8. The van der Waals surface area contributed by atoms with E-state index in [-0.39, 0.29) is 10.8 Å². The standard InChI is InChI=1S/2C21H23.C12H7Si.2ClH.Zr/c2*1-14-8-6-10-18(15(14)2)19-11-7-9-16-12-17(13-20(16)19)21(3,4)5;1-3-7-11-9(5-1)10-6-2-4-8-12(10)13-11;;;/h2*6-13H,1-5H3;1-7H;2*1H;/q3*-1;;;+2/p-2. The molecule has 0 nitrogen and oxygen atoms in total. The Hall–Kier alpha value is -3.78. The Morgan fingerprint density at radius 3 is 1.40 bits per heavy atom. The fraction of sp³-hybridized carbons (Fsp3) is 0.222. The zero-order valence-corrected chi connectivity index (χ0v) is 40.5. The zero-order valence-electron chi connectivity index (χ0n) is 35.5. The molecule has 0 unspecified atom stereocenters. The van der Waals surface area contributed by atoms with E-state index in [1.165, 1.54) is 98.7 Å². The molecule has 0 atom stereocenters. The van der Waals surface area contributed by atoms with Gasteiger partial charge in [0.05, 0.1) is 9.52 Å². The van der Waals surface area contributed by atoms with Gasteiger partial charge in [-0.1, -0.05) is 136 Å². The van der Waals surface area contributed by atoms with Crippen molar-refractivity contribution >= 4 is 58.5 Å². The molecule has 0 aliphatic carbocycles. The second-order valence-corrected chi connectivity index (χ2v) is 22.3. The average Bonchev–Trinajstić information content (AvgIpc) is 3.94. The molecule has 0 spiro atoms. The molecule has 0 aromatic heterocycles. The molecule has 2 radical (unpaired) electrons. The van der Waals surface area contributed by atoms with Crippen LogP contribution in [-0.2, 0) is 31.7 Å². The molecule has 294 valence electrons. The molecule has 8 aromatic carbocycles. The van der Waals surface area contributed by atoms with E-state index in [2.05, 4.69) is 209 Å². The molecule has 8 aromatic rings. The summed E-state index contributed by atoms with van der Waals surface area (Å²) in [6.07, 6.45) is 0. The number of aryl methyl sites for hydroxylation is 2. The first-order chi connectivity index (χ1) is 27.6. The van der Waals surface area contributed by atoms with E-state index in [4.69, 9.17) is 17.0 Å². The second kappa shape index (κ2) is 18.6. The van der Waals surface area contributed by atoms with E-state index in [1.807, 2.05) is 6.07 Å². The fourth-order valence-electron chi connectivity index (χ4n) is 7.62. The van der Waals surface area contributed by atoms with Crippen LogP contribution in [-0.4, -0.2) is 9.52 Å². The maximum absolute atomic E-state index is 4.93. The van der Waals surface area contributed by atoms with Crippen LogP contribution in [0, 0.1) is 33.8 Å². The molecule has 9 rings (SSSR count). The van der Waals surface area contributed by atoms with Crippen molar-refractivity contribution in [2.45, 2.75) is 80.1 Å². The van der Waals surface area contributed by atoms with Gasteiger partial charge in [0.2, 0.25) is 0 Å². The van der Waals surface area contributed by atoms with Gasteiger partial charge in [-0.2, -0.15) is 41.6 Å². The maximum atomic E-state index is 4.93. The maximum Gasteiger partial charge on any atom is 0.0920 e. The molecule has 0 saturated heterocycles. The van der Waals surface area contributed by atoms with Gasteiger partial charge in [0.15, 0.2) is 0 Å². The Kier molecular flexibility index (Phi) is 14.1. The van der Waals surface area contributed by atoms with Crippen LogP contribution in [0.15, 0.2) is 140 Å². The van der Waals surface area contributed by atoms with Crippen LogP contribution < -0.4 is 10.4 Å². The first-order valence-electron chi connectivity index (χ1n) is 20.0. The van der Waals surface area contributed by atoms with Crippen LogP contribution >= 0.6 is 17.0 Å². The number of hydrogen-bond acceptors (Lipinski definition) is 0. The van der Waals surface area contributed by atoms with Crippen molar-refractivity contribution in [1.82, 2.24) is 0 Å². The smallest absolute Gasteiger partial charge is 0.0920 e. The van der Waals surface area contributed by atoms with E-state index >= 15 is 0 Å². The fourth-order valence-corrected chi connectivity index (χ4v) is 8.93. The zero-order chi connectivity index (χ0) is 41.8. The van der Waals surface area contributed by atoms with Gasteiger partial charge < -0.3 is 0 Å². The SMILES string of the molecule is Cc1cccc(-c2cccc3[cH-]c(C(C)(C)C)cc23)c1C.Cc1cccc(-c2cccc3[cH-]c(C(C)(C)C)cc23)c1C.[Cl][Zr][Cl].[c-]1cccc2c1[Si]c1ccccc1-2. The Balaban J connectivity index is 0.000000145. The van der Waals surface area contributed by atoms with Crippen molar-refractivity contribution in [2.24, 2.45) is 0 Å². The molecular weight excluding hydrogens is 839 g/mol. The molecule has 1 aliphatic heterocycles. The molecule has 4 heteroatoms. The van der Waals surface area contributed by atoms with Crippen molar-refractivity contribution in [2.75, 3.05) is 0 Å². The number of rotatable bonds is 2. The molecule has 1 aliphatic rings. The van der Waals surface area contributed by atoms with Crippen LogP contribution in [0.5, 0.6) is 0 Å². The van der Waals surface area contributed by atoms with Crippen molar-refractivity contribution in [3.05, 3.63) is 179 Å². The molecule has 58 heavy (non-hydrogen) atoms. The second-order valence-electron chi connectivity index (χ2n) is 17.3. The van der Waals surface area contributed by atoms with Crippen molar-refractivity contribution in [3.8, 4) is 33.4 Å². The first-order valence-corrected chi connectivity index (χ1v) is 27.3. The molecule has 0 fully saturated rings. The molecule has 0 N–H and O–H groups in total. The minimum atomic E-state index is -0.826. The topological polar surface area (TPSA) is 0 Å². The Morgan fingerprint density at radius 1 is 0.500 bits per heavy atom. The Bertz CT molecular complexity index is 2480. The third-order valence-corrected chi connectivity index (χ3v) is 12.7. The average molecular weight is 892 g/mol. The monoisotopic (exact) mass is 889 g/mol. The number of benzene rings is 6. The van der Waals surface area contributed by atoms with Crippen molar-refractivity contribution in [3.63, 3.8) is 0 Å². The first kappa shape index (κ1) is 43.8. The number of halogens is 2. The quantitative estimate of drug-likeness (QED) is 0.120.